The third kappa shape index (κ3) is 3.72. The molecule has 3 rings (SSSR count). The lowest BCUT2D eigenvalue weighted by Gasteiger charge is -2.07. The van der Waals surface area contributed by atoms with Gasteiger partial charge in [-0.2, -0.15) is 11.8 Å². The van der Waals surface area contributed by atoms with E-state index in [2.05, 4.69) is 15.3 Å². The van der Waals surface area contributed by atoms with Gasteiger partial charge in [-0.3, -0.25) is 4.79 Å². The van der Waals surface area contributed by atoms with Crippen molar-refractivity contribution >= 4 is 34.4 Å². The van der Waals surface area contributed by atoms with Crippen LogP contribution in [-0.2, 0) is 5.75 Å². The summed E-state index contributed by atoms with van der Waals surface area (Å²) in [4.78, 5) is 19.8. The number of thioether (sulfide) groups is 1. The first kappa shape index (κ1) is 15.6. The number of amides is 1. The van der Waals surface area contributed by atoms with E-state index in [9.17, 15) is 4.79 Å². The topological polar surface area (TPSA) is 78.0 Å². The highest BCUT2D eigenvalue weighted by Gasteiger charge is 2.11. The van der Waals surface area contributed by atoms with E-state index in [0.29, 0.717) is 17.1 Å². The van der Waals surface area contributed by atoms with Crippen LogP contribution >= 0.6 is 11.8 Å². The summed E-state index contributed by atoms with van der Waals surface area (Å²) in [6, 6.07) is 11.3. The number of aliphatic hydroxyl groups excluding tert-OH is 1. The minimum absolute atomic E-state index is 0.166. The maximum Gasteiger partial charge on any atom is 0.258 e. The predicted molar refractivity (Wildman–Crippen MR) is 93.7 cm³/mol. The number of aliphatic hydroxyl groups is 1. The molecule has 0 radical (unpaired) electrons. The van der Waals surface area contributed by atoms with Gasteiger partial charge in [0.25, 0.3) is 5.91 Å². The molecule has 0 aliphatic carbocycles. The molecular formula is C17H17N3O2S. The van der Waals surface area contributed by atoms with Crippen molar-refractivity contribution < 1.29 is 9.90 Å². The first-order valence-electron chi connectivity index (χ1n) is 7.29. The van der Waals surface area contributed by atoms with Crippen molar-refractivity contribution in [2.24, 2.45) is 0 Å². The lowest BCUT2D eigenvalue weighted by molar-refractivity contribution is 0.102. The lowest BCUT2D eigenvalue weighted by atomic mass is 10.1. The smallest absolute Gasteiger partial charge is 0.258 e. The Labute approximate surface area is 138 Å². The van der Waals surface area contributed by atoms with E-state index in [1.165, 1.54) is 0 Å². The molecule has 0 fully saturated rings. The highest BCUT2D eigenvalue weighted by molar-refractivity contribution is 7.98. The summed E-state index contributed by atoms with van der Waals surface area (Å²) in [5.74, 6) is 1.81. The zero-order valence-electron chi connectivity index (χ0n) is 12.5. The molecule has 6 heteroatoms. The van der Waals surface area contributed by atoms with Crippen LogP contribution in [0.3, 0.4) is 0 Å². The molecule has 5 nitrogen and oxygen atoms in total. The Hall–Kier alpha value is -2.31. The number of carbonyl (C=O) groups excluding carboxylic acids is 1. The second-order valence-corrected chi connectivity index (χ2v) is 6.13. The van der Waals surface area contributed by atoms with Crippen LogP contribution in [-0.4, -0.2) is 33.3 Å². The van der Waals surface area contributed by atoms with E-state index in [4.69, 9.17) is 5.11 Å². The molecule has 1 aromatic carbocycles. The van der Waals surface area contributed by atoms with Gasteiger partial charge < -0.3 is 15.4 Å². The normalized spacial score (nSPS) is 10.8. The van der Waals surface area contributed by atoms with Crippen molar-refractivity contribution in [1.82, 2.24) is 9.97 Å². The number of hydrogen-bond donors (Lipinski definition) is 3. The Morgan fingerprint density at radius 1 is 1.30 bits per heavy atom. The van der Waals surface area contributed by atoms with Gasteiger partial charge in [-0.25, -0.2) is 4.98 Å². The van der Waals surface area contributed by atoms with E-state index >= 15 is 0 Å². The van der Waals surface area contributed by atoms with Crippen LogP contribution in [0.25, 0.3) is 10.9 Å². The highest BCUT2D eigenvalue weighted by atomic mass is 32.2. The van der Waals surface area contributed by atoms with Crippen LogP contribution in [0.1, 0.15) is 15.9 Å². The van der Waals surface area contributed by atoms with Crippen LogP contribution in [0.15, 0.2) is 48.8 Å². The quantitative estimate of drug-likeness (QED) is 0.608. The zero-order chi connectivity index (χ0) is 16.1. The van der Waals surface area contributed by atoms with Gasteiger partial charge in [-0.1, -0.05) is 12.1 Å². The number of nitrogens with one attached hydrogen (secondary N) is 2. The van der Waals surface area contributed by atoms with Gasteiger partial charge in [0.1, 0.15) is 5.82 Å². The molecule has 3 N–H and O–H groups in total. The Morgan fingerprint density at radius 3 is 3.09 bits per heavy atom. The maximum atomic E-state index is 12.5. The largest absolute Gasteiger partial charge is 0.396 e. The van der Waals surface area contributed by atoms with Gasteiger partial charge in [-0.15, -0.1) is 0 Å². The molecule has 0 bridgehead atoms. The van der Waals surface area contributed by atoms with Gasteiger partial charge in [-0.05, 0) is 29.8 Å². The fourth-order valence-corrected chi connectivity index (χ4v) is 3.03. The first-order chi connectivity index (χ1) is 11.3. The second kappa shape index (κ2) is 7.30. The van der Waals surface area contributed by atoms with Crippen molar-refractivity contribution in [1.29, 1.82) is 0 Å². The first-order valence-corrected chi connectivity index (χ1v) is 8.44. The SMILES string of the molecule is O=C(Nc1cc(CSCCO)ccn1)c1cccc2cc[nH]c12. The van der Waals surface area contributed by atoms with Gasteiger partial charge in [0.05, 0.1) is 17.7 Å². The number of anilines is 1. The monoisotopic (exact) mass is 327 g/mol. The Morgan fingerprint density at radius 2 is 2.22 bits per heavy atom. The molecule has 0 aliphatic heterocycles. The fourth-order valence-electron chi connectivity index (χ4n) is 2.34. The van der Waals surface area contributed by atoms with Crippen LogP contribution < -0.4 is 5.32 Å². The standard InChI is InChI=1S/C17H17N3O2S/c21-8-9-23-11-12-4-6-18-15(10-12)20-17(22)14-3-1-2-13-5-7-19-16(13)14/h1-7,10,19,21H,8-9,11H2,(H,18,20,22). The summed E-state index contributed by atoms with van der Waals surface area (Å²) in [6.07, 6.45) is 3.50. The Bertz CT molecular complexity index is 816. The van der Waals surface area contributed by atoms with Gasteiger partial charge in [0.2, 0.25) is 0 Å². The molecular weight excluding hydrogens is 310 g/mol. The molecule has 0 saturated heterocycles. The Balaban J connectivity index is 1.75. The summed E-state index contributed by atoms with van der Waals surface area (Å²) in [5, 5.41) is 12.7. The lowest BCUT2D eigenvalue weighted by Crippen LogP contribution is -2.13. The number of H-pyrrole nitrogens is 1. The van der Waals surface area contributed by atoms with Crippen LogP contribution in [0.5, 0.6) is 0 Å². The van der Waals surface area contributed by atoms with E-state index in [-0.39, 0.29) is 12.5 Å². The molecule has 3 aromatic rings. The summed E-state index contributed by atoms with van der Waals surface area (Å²) in [6.45, 7) is 0.166. The minimum Gasteiger partial charge on any atom is -0.396 e. The highest BCUT2D eigenvalue weighted by Crippen LogP contribution is 2.19. The molecule has 0 unspecified atom stereocenters. The summed E-state index contributed by atoms with van der Waals surface area (Å²) < 4.78 is 0. The average Bonchev–Trinajstić information content (AvgIpc) is 3.04. The van der Waals surface area contributed by atoms with Crippen LogP contribution in [0, 0.1) is 0 Å². The predicted octanol–water partition coefficient (Wildman–Crippen LogP) is 3.04. The van der Waals surface area contributed by atoms with Gasteiger partial charge >= 0.3 is 0 Å². The fraction of sp³-hybridized carbons (Fsp3) is 0.176. The van der Waals surface area contributed by atoms with E-state index < -0.39 is 0 Å². The number of aromatic nitrogens is 2. The summed E-state index contributed by atoms with van der Waals surface area (Å²) >= 11 is 1.64. The molecule has 118 valence electrons. The number of nitrogens with zero attached hydrogens (tertiary/aromatic N) is 1. The molecule has 0 atom stereocenters. The number of hydrogen-bond acceptors (Lipinski definition) is 4. The summed E-state index contributed by atoms with van der Waals surface area (Å²) in [7, 11) is 0. The third-order valence-electron chi connectivity index (χ3n) is 3.40. The molecule has 23 heavy (non-hydrogen) atoms. The number of pyridine rings is 1. The van der Waals surface area contributed by atoms with Crippen molar-refractivity contribution in [3.63, 3.8) is 0 Å². The van der Waals surface area contributed by atoms with Crippen LogP contribution in [0.4, 0.5) is 5.82 Å². The minimum atomic E-state index is -0.189. The number of benzene rings is 1. The third-order valence-corrected chi connectivity index (χ3v) is 4.41. The van der Waals surface area contributed by atoms with E-state index in [1.54, 1.807) is 24.0 Å². The number of para-hydroxylation sites is 1. The zero-order valence-corrected chi connectivity index (χ0v) is 13.3. The van der Waals surface area contributed by atoms with Crippen molar-refractivity contribution in [2.45, 2.75) is 5.75 Å². The molecule has 0 aliphatic rings. The molecule has 1 amide bonds. The van der Waals surface area contributed by atoms with Gasteiger partial charge in [0.15, 0.2) is 0 Å². The second-order valence-electron chi connectivity index (χ2n) is 5.03. The van der Waals surface area contributed by atoms with Crippen molar-refractivity contribution in [3.8, 4) is 0 Å². The number of aromatic amines is 1. The molecule has 2 heterocycles. The van der Waals surface area contributed by atoms with E-state index in [1.807, 2.05) is 36.5 Å². The van der Waals surface area contributed by atoms with Crippen LogP contribution in [0.2, 0.25) is 0 Å². The number of carbonyl (C=O) groups is 1. The van der Waals surface area contributed by atoms with Gasteiger partial charge in [0, 0.05) is 29.3 Å². The maximum absolute atomic E-state index is 12.5. The molecule has 2 aromatic heterocycles. The van der Waals surface area contributed by atoms with Crippen molar-refractivity contribution in [2.75, 3.05) is 17.7 Å². The van der Waals surface area contributed by atoms with Crippen molar-refractivity contribution in [3.05, 3.63) is 59.9 Å². The molecule has 0 spiro atoms. The Kier molecular flexibility index (Phi) is 4.95. The molecule has 0 saturated carbocycles. The summed E-state index contributed by atoms with van der Waals surface area (Å²) in [5.41, 5.74) is 2.47. The average molecular weight is 327 g/mol. The number of rotatable bonds is 6. The van der Waals surface area contributed by atoms with E-state index in [0.717, 1.165) is 22.2 Å². The number of fused-ring (bicyclic) bond motifs is 1.